The first-order chi connectivity index (χ1) is 6.00. The van der Waals surface area contributed by atoms with Crippen LogP contribution in [0.1, 0.15) is 12.5 Å². The smallest absolute Gasteiger partial charge is 0.221 e. The lowest BCUT2D eigenvalue weighted by molar-refractivity contribution is -0.114. The van der Waals surface area contributed by atoms with E-state index in [4.69, 9.17) is 0 Å². The number of anilines is 1. The molecule has 0 atom stereocenters. The third-order valence-electron chi connectivity index (χ3n) is 1.49. The Morgan fingerprint density at radius 3 is 2.62 bits per heavy atom. The van der Waals surface area contributed by atoms with Crippen LogP contribution in [0.5, 0.6) is 0 Å². The van der Waals surface area contributed by atoms with E-state index in [1.165, 1.54) is 13.0 Å². The van der Waals surface area contributed by atoms with Crippen molar-refractivity contribution >= 4 is 27.5 Å². The largest absolute Gasteiger partial charge is 0.323 e. The molecule has 0 unspecified atom stereocenters. The first kappa shape index (κ1) is 10.2. The van der Waals surface area contributed by atoms with Gasteiger partial charge in [-0.2, -0.15) is 0 Å². The lowest BCUT2D eigenvalue weighted by Crippen LogP contribution is -2.08. The Bertz CT molecular complexity index is 328. The Morgan fingerprint density at radius 1 is 1.54 bits per heavy atom. The number of amides is 1. The highest BCUT2D eigenvalue weighted by Gasteiger charge is 2.08. The van der Waals surface area contributed by atoms with Gasteiger partial charge in [0, 0.05) is 11.4 Å². The summed E-state index contributed by atoms with van der Waals surface area (Å²) < 4.78 is 13.8. The van der Waals surface area contributed by atoms with E-state index >= 15 is 0 Å². The van der Waals surface area contributed by atoms with Gasteiger partial charge < -0.3 is 5.32 Å². The van der Waals surface area contributed by atoms with Crippen LogP contribution in [0.3, 0.4) is 0 Å². The molecule has 2 nitrogen and oxygen atoms in total. The van der Waals surface area contributed by atoms with E-state index in [-0.39, 0.29) is 11.6 Å². The monoisotopic (exact) mass is 245 g/mol. The van der Waals surface area contributed by atoms with Crippen molar-refractivity contribution in [3.05, 3.63) is 28.0 Å². The molecule has 0 heterocycles. The van der Waals surface area contributed by atoms with Gasteiger partial charge in [0.05, 0.1) is 5.69 Å². The summed E-state index contributed by atoms with van der Waals surface area (Å²) in [6, 6.07) is 3.12. The number of halogens is 2. The van der Waals surface area contributed by atoms with Crippen molar-refractivity contribution in [3.8, 4) is 0 Å². The van der Waals surface area contributed by atoms with Crippen LogP contribution in [0.15, 0.2) is 16.6 Å². The van der Waals surface area contributed by atoms with E-state index in [0.717, 1.165) is 5.56 Å². The number of rotatable bonds is 1. The predicted molar refractivity (Wildman–Crippen MR) is 53.1 cm³/mol. The summed E-state index contributed by atoms with van der Waals surface area (Å²) in [6.45, 7) is 3.12. The van der Waals surface area contributed by atoms with Crippen LogP contribution >= 0.6 is 15.9 Å². The minimum atomic E-state index is -0.429. The lowest BCUT2D eigenvalue weighted by Gasteiger charge is -2.07. The second-order valence-electron chi connectivity index (χ2n) is 2.78. The van der Waals surface area contributed by atoms with Crippen molar-refractivity contribution < 1.29 is 9.18 Å². The minimum Gasteiger partial charge on any atom is -0.323 e. The van der Waals surface area contributed by atoms with Gasteiger partial charge in [-0.3, -0.25) is 4.79 Å². The molecule has 1 aromatic rings. The van der Waals surface area contributed by atoms with Gasteiger partial charge in [0.2, 0.25) is 5.91 Å². The van der Waals surface area contributed by atoms with E-state index in [1.807, 2.05) is 0 Å². The Balaban J connectivity index is 3.13. The predicted octanol–water partition coefficient (Wildman–Crippen LogP) is 2.86. The van der Waals surface area contributed by atoms with E-state index in [2.05, 4.69) is 21.2 Å². The molecule has 13 heavy (non-hydrogen) atoms. The molecule has 4 heteroatoms. The summed E-state index contributed by atoms with van der Waals surface area (Å²) in [6.07, 6.45) is 0. The van der Waals surface area contributed by atoms with Crippen LogP contribution in [0.25, 0.3) is 0 Å². The maximum atomic E-state index is 13.2. The standard InChI is InChI=1S/C9H9BrFNO/c1-5-3-7(10)9(8(11)4-5)12-6(2)13/h3-4H,1-2H3,(H,12,13). The summed E-state index contributed by atoms with van der Waals surface area (Å²) >= 11 is 3.17. The Kier molecular flexibility index (Phi) is 3.03. The molecule has 0 aromatic heterocycles. The molecular weight excluding hydrogens is 237 g/mol. The zero-order valence-corrected chi connectivity index (χ0v) is 8.90. The zero-order valence-electron chi connectivity index (χ0n) is 7.32. The van der Waals surface area contributed by atoms with Crippen LogP contribution < -0.4 is 5.32 Å². The number of benzene rings is 1. The van der Waals surface area contributed by atoms with Crippen LogP contribution in [0, 0.1) is 12.7 Å². The first-order valence-electron chi connectivity index (χ1n) is 3.74. The molecule has 0 saturated carbocycles. The molecule has 0 spiro atoms. The molecule has 0 aliphatic carbocycles. The van der Waals surface area contributed by atoms with Gasteiger partial charge >= 0.3 is 0 Å². The highest BCUT2D eigenvalue weighted by Crippen LogP contribution is 2.26. The van der Waals surface area contributed by atoms with Crippen molar-refractivity contribution in [2.45, 2.75) is 13.8 Å². The van der Waals surface area contributed by atoms with Gasteiger partial charge in [-0.25, -0.2) is 4.39 Å². The van der Waals surface area contributed by atoms with Crippen LogP contribution in [0.4, 0.5) is 10.1 Å². The summed E-state index contributed by atoms with van der Waals surface area (Å²) in [5.74, 6) is -0.717. The number of hydrogen-bond acceptors (Lipinski definition) is 1. The lowest BCUT2D eigenvalue weighted by atomic mass is 10.2. The number of carbonyl (C=O) groups excluding carboxylic acids is 1. The molecule has 1 N–H and O–H groups in total. The number of nitrogens with one attached hydrogen (secondary N) is 1. The van der Waals surface area contributed by atoms with Gasteiger partial charge in [0.15, 0.2) is 0 Å². The van der Waals surface area contributed by atoms with Crippen molar-refractivity contribution in [1.29, 1.82) is 0 Å². The Hall–Kier alpha value is -0.900. The summed E-state index contributed by atoms with van der Waals surface area (Å²) in [7, 11) is 0. The molecule has 1 rings (SSSR count). The molecule has 0 aliphatic rings. The maximum Gasteiger partial charge on any atom is 0.221 e. The third kappa shape index (κ3) is 2.52. The second-order valence-corrected chi connectivity index (χ2v) is 3.64. The number of hydrogen-bond donors (Lipinski definition) is 1. The Labute approximate surface area is 84.3 Å². The van der Waals surface area contributed by atoms with Crippen molar-refractivity contribution in [1.82, 2.24) is 0 Å². The molecule has 1 amide bonds. The van der Waals surface area contributed by atoms with Gasteiger partial charge in [-0.1, -0.05) is 0 Å². The summed E-state index contributed by atoms with van der Waals surface area (Å²) in [5.41, 5.74) is 0.997. The normalized spacial score (nSPS) is 9.85. The SMILES string of the molecule is CC(=O)Nc1c(F)cc(C)cc1Br. The maximum absolute atomic E-state index is 13.2. The van der Waals surface area contributed by atoms with Crippen LogP contribution in [-0.4, -0.2) is 5.91 Å². The summed E-state index contributed by atoms with van der Waals surface area (Å²) in [5, 5.41) is 2.41. The van der Waals surface area contributed by atoms with Crippen molar-refractivity contribution in [2.75, 3.05) is 5.32 Å². The van der Waals surface area contributed by atoms with Gasteiger partial charge in [0.1, 0.15) is 5.82 Å². The molecule has 0 bridgehead atoms. The number of carbonyl (C=O) groups is 1. The van der Waals surface area contributed by atoms with E-state index in [0.29, 0.717) is 4.47 Å². The average molecular weight is 246 g/mol. The molecule has 1 aromatic carbocycles. The quantitative estimate of drug-likeness (QED) is 0.810. The van der Waals surface area contributed by atoms with Crippen LogP contribution in [-0.2, 0) is 4.79 Å². The topological polar surface area (TPSA) is 29.1 Å². The van der Waals surface area contributed by atoms with E-state index in [9.17, 15) is 9.18 Å². The van der Waals surface area contributed by atoms with Gasteiger partial charge in [-0.05, 0) is 40.5 Å². The fraction of sp³-hybridized carbons (Fsp3) is 0.222. The highest BCUT2D eigenvalue weighted by atomic mass is 79.9. The minimum absolute atomic E-state index is 0.193. The van der Waals surface area contributed by atoms with E-state index < -0.39 is 5.82 Å². The Morgan fingerprint density at radius 2 is 2.15 bits per heavy atom. The number of aryl methyl sites for hydroxylation is 1. The van der Waals surface area contributed by atoms with E-state index in [1.54, 1.807) is 13.0 Å². The fourth-order valence-electron chi connectivity index (χ4n) is 0.995. The van der Waals surface area contributed by atoms with Crippen LogP contribution in [0.2, 0.25) is 0 Å². The molecule has 0 aliphatic heterocycles. The molecule has 0 fully saturated rings. The average Bonchev–Trinajstić information content (AvgIpc) is 1.96. The summed E-state index contributed by atoms with van der Waals surface area (Å²) in [4.78, 5) is 10.7. The molecular formula is C9H9BrFNO. The molecule has 70 valence electrons. The van der Waals surface area contributed by atoms with Gasteiger partial charge in [0.25, 0.3) is 0 Å². The third-order valence-corrected chi connectivity index (χ3v) is 2.11. The first-order valence-corrected chi connectivity index (χ1v) is 4.53. The van der Waals surface area contributed by atoms with Crippen molar-refractivity contribution in [2.24, 2.45) is 0 Å². The molecule has 0 radical (unpaired) electrons. The highest BCUT2D eigenvalue weighted by molar-refractivity contribution is 9.10. The second kappa shape index (κ2) is 3.87. The zero-order chi connectivity index (χ0) is 10.0. The van der Waals surface area contributed by atoms with Crippen molar-refractivity contribution in [3.63, 3.8) is 0 Å². The van der Waals surface area contributed by atoms with Gasteiger partial charge in [-0.15, -0.1) is 0 Å². The molecule has 0 saturated heterocycles. The fourth-order valence-corrected chi connectivity index (χ4v) is 1.64.